The van der Waals surface area contributed by atoms with Crippen LogP contribution in [0, 0.1) is 13.8 Å². The molecule has 8 rings (SSSR count). The van der Waals surface area contributed by atoms with Crippen LogP contribution < -0.4 is 5.73 Å². The molecule has 0 atom stereocenters. The van der Waals surface area contributed by atoms with Crippen LogP contribution in [-0.2, 0) is 48.6 Å². The zero-order valence-corrected chi connectivity index (χ0v) is 30.7. The molecule has 0 bridgehead atoms. The number of amides is 2. The highest BCUT2D eigenvalue weighted by atomic mass is 32.1. The molecule has 0 radical (unpaired) electrons. The van der Waals surface area contributed by atoms with E-state index in [1.165, 1.54) is 53.9 Å². The molecule has 0 saturated carbocycles. The van der Waals surface area contributed by atoms with Crippen molar-refractivity contribution in [3.63, 3.8) is 0 Å². The number of benzene rings is 2. The highest BCUT2D eigenvalue weighted by Crippen LogP contribution is 2.43. The molecular weight excluding hydrogens is 661 g/mol. The van der Waals surface area contributed by atoms with Crippen LogP contribution in [0.2, 0.25) is 0 Å². The summed E-state index contributed by atoms with van der Waals surface area (Å²) < 4.78 is 0. The van der Waals surface area contributed by atoms with Gasteiger partial charge in [-0.05, 0) is 85.3 Å². The normalized spacial score (nSPS) is 14.6. The van der Waals surface area contributed by atoms with Crippen LogP contribution in [0.15, 0.2) is 60.7 Å². The van der Waals surface area contributed by atoms with E-state index in [0.29, 0.717) is 19.4 Å². The number of nitrogens with two attached hydrogens (primary N) is 1. The van der Waals surface area contributed by atoms with Gasteiger partial charge in [-0.3, -0.25) is 14.5 Å². The Kier molecular flexibility index (Phi) is 9.90. The molecule has 0 spiro atoms. The van der Waals surface area contributed by atoms with E-state index in [-0.39, 0.29) is 6.54 Å². The molecule has 0 fully saturated rings. The lowest BCUT2D eigenvalue weighted by molar-refractivity contribution is -0.129. The maximum atomic E-state index is 11.1. The minimum absolute atomic E-state index is 0.192. The Morgan fingerprint density at radius 1 is 0.720 bits per heavy atom. The molecule has 0 unspecified atom stereocenters. The second-order valence-electron chi connectivity index (χ2n) is 13.3. The second kappa shape index (κ2) is 14.5. The minimum atomic E-state index is 0.192. The summed E-state index contributed by atoms with van der Waals surface area (Å²) in [5.41, 5.74) is 17.8. The summed E-state index contributed by atoms with van der Waals surface area (Å²) in [5, 5.41) is 2.60. The van der Waals surface area contributed by atoms with Gasteiger partial charge in [0, 0.05) is 53.3 Å². The highest BCUT2D eigenvalue weighted by molar-refractivity contribution is 7.19. The molecule has 50 heavy (non-hydrogen) atoms. The molecule has 6 aromatic rings. The summed E-state index contributed by atoms with van der Waals surface area (Å²) in [5.74, 6) is 0. The largest absolute Gasteiger partial charge is 0.325 e. The Morgan fingerprint density at radius 2 is 1.16 bits per heavy atom. The Balaban J connectivity index is 0.000000159. The Hall–Kier alpha value is -4.32. The van der Waals surface area contributed by atoms with Crippen molar-refractivity contribution in [2.24, 2.45) is 5.73 Å². The lowest BCUT2D eigenvalue weighted by Crippen LogP contribution is -2.25. The van der Waals surface area contributed by atoms with Crippen molar-refractivity contribution < 1.29 is 9.59 Å². The third-order valence-electron chi connectivity index (χ3n) is 9.97. The van der Waals surface area contributed by atoms with Crippen LogP contribution in [-0.4, -0.2) is 64.7 Å². The molecule has 0 aliphatic carbocycles. The van der Waals surface area contributed by atoms with Crippen molar-refractivity contribution in [1.29, 1.82) is 0 Å². The average molecular weight is 703 g/mol. The Labute approximate surface area is 301 Å². The van der Waals surface area contributed by atoms with Crippen molar-refractivity contribution in [2.75, 3.05) is 27.2 Å². The molecular formula is C40H42N6O2S2. The molecule has 256 valence electrons. The number of carbonyl (C=O) groups excluding carboxylic acids is 2. The molecule has 2 aliphatic heterocycles. The monoisotopic (exact) mass is 702 g/mol. The number of nitrogens with zero attached hydrogens (tertiary/aromatic N) is 5. The van der Waals surface area contributed by atoms with E-state index < -0.39 is 0 Å². The molecule has 2 aliphatic rings. The van der Waals surface area contributed by atoms with Crippen molar-refractivity contribution >= 4 is 55.9 Å². The number of imide groups is 1. The number of carbonyl (C=O) groups is 2. The second-order valence-corrected chi connectivity index (χ2v) is 15.4. The predicted molar refractivity (Wildman–Crippen MR) is 205 cm³/mol. The summed E-state index contributed by atoms with van der Waals surface area (Å²) in [6.45, 7) is 9.01. The summed E-state index contributed by atoms with van der Waals surface area (Å²) in [6, 6.07) is 21.0. The van der Waals surface area contributed by atoms with Crippen LogP contribution in [0.3, 0.4) is 0 Å². The SMILES string of the molecule is Cc1c(CN(C=O)C=O)nc2sc3c(c2c1-c1ccccc1)CCN(C)C3.Cc1c(CN)nc2sc3c(c2c1-c1ccccc1)CCN(C)C3. The number of aromatic nitrogens is 2. The van der Waals surface area contributed by atoms with Gasteiger partial charge in [0.1, 0.15) is 9.66 Å². The van der Waals surface area contributed by atoms with Crippen molar-refractivity contribution in [3.05, 3.63) is 104 Å². The third kappa shape index (κ3) is 6.38. The summed E-state index contributed by atoms with van der Waals surface area (Å²) >= 11 is 3.57. The quantitative estimate of drug-likeness (QED) is 0.178. The number of pyridine rings is 2. The van der Waals surface area contributed by atoms with Gasteiger partial charge in [0.2, 0.25) is 12.8 Å². The van der Waals surface area contributed by atoms with E-state index >= 15 is 0 Å². The van der Waals surface area contributed by atoms with Gasteiger partial charge in [-0.2, -0.15) is 0 Å². The van der Waals surface area contributed by atoms with Gasteiger partial charge in [0.05, 0.1) is 17.9 Å². The number of fused-ring (bicyclic) bond motifs is 6. The summed E-state index contributed by atoms with van der Waals surface area (Å²) in [7, 11) is 4.33. The minimum Gasteiger partial charge on any atom is -0.325 e. The Morgan fingerprint density at radius 3 is 1.60 bits per heavy atom. The first-order chi connectivity index (χ1) is 24.3. The highest BCUT2D eigenvalue weighted by Gasteiger charge is 2.26. The fourth-order valence-electron chi connectivity index (χ4n) is 7.34. The molecule has 2 aromatic carbocycles. The van der Waals surface area contributed by atoms with Gasteiger partial charge >= 0.3 is 0 Å². The van der Waals surface area contributed by atoms with E-state index in [2.05, 4.69) is 73.3 Å². The first-order valence-electron chi connectivity index (χ1n) is 17.0. The molecule has 2 N–H and O–H groups in total. The van der Waals surface area contributed by atoms with E-state index in [1.807, 2.05) is 36.5 Å². The molecule has 10 heteroatoms. The molecule has 2 amide bonds. The number of rotatable bonds is 7. The lowest BCUT2D eigenvalue weighted by Gasteiger charge is -2.23. The van der Waals surface area contributed by atoms with Crippen LogP contribution in [0.1, 0.15) is 43.4 Å². The van der Waals surface area contributed by atoms with Crippen molar-refractivity contribution in [3.8, 4) is 22.3 Å². The van der Waals surface area contributed by atoms with Gasteiger partial charge in [-0.15, -0.1) is 22.7 Å². The number of hydrogen-bond donors (Lipinski definition) is 1. The van der Waals surface area contributed by atoms with E-state index in [4.69, 9.17) is 15.7 Å². The van der Waals surface area contributed by atoms with Gasteiger partial charge in [-0.25, -0.2) is 9.97 Å². The van der Waals surface area contributed by atoms with E-state index in [0.717, 1.165) is 76.1 Å². The van der Waals surface area contributed by atoms with Crippen LogP contribution in [0.25, 0.3) is 42.7 Å². The maximum absolute atomic E-state index is 11.1. The average Bonchev–Trinajstić information content (AvgIpc) is 3.67. The van der Waals surface area contributed by atoms with Crippen molar-refractivity contribution in [1.82, 2.24) is 24.7 Å². The van der Waals surface area contributed by atoms with Crippen LogP contribution >= 0.6 is 22.7 Å². The fraction of sp³-hybridized carbons (Fsp3) is 0.300. The number of likely N-dealkylation sites (N-methyl/N-ethyl adjacent to an activating group) is 2. The molecule has 6 heterocycles. The molecule has 4 aromatic heterocycles. The zero-order chi connectivity index (χ0) is 34.9. The summed E-state index contributed by atoms with van der Waals surface area (Å²) in [4.78, 5) is 42.8. The van der Waals surface area contributed by atoms with E-state index in [9.17, 15) is 9.59 Å². The van der Waals surface area contributed by atoms with Crippen LogP contribution in [0.4, 0.5) is 0 Å². The number of hydrogen-bond acceptors (Lipinski definition) is 9. The lowest BCUT2D eigenvalue weighted by atomic mass is 9.92. The first-order valence-corrected chi connectivity index (χ1v) is 18.7. The topological polar surface area (TPSA) is 95.7 Å². The van der Waals surface area contributed by atoms with Gasteiger partial charge in [-0.1, -0.05) is 60.7 Å². The van der Waals surface area contributed by atoms with Gasteiger partial charge in [0.25, 0.3) is 0 Å². The standard InChI is InChI=1S/C21H21N3O2S.C19H21N3S/c1-14-17(10-24(12-25)13-26)22-21-20(19(14)15-6-4-3-5-7-15)16-8-9-23(2)11-18(16)27-21;1-12-15(10-20)21-19-18(17(12)13-6-4-3-5-7-13)14-8-9-22(2)11-16(14)23-19/h3-7,12-13H,8-11H2,1-2H3;3-7H,8-11,20H2,1-2H3. The third-order valence-corrected chi connectivity index (χ3v) is 12.2. The first kappa shape index (κ1) is 34.1. The maximum Gasteiger partial charge on any atom is 0.216 e. The van der Waals surface area contributed by atoms with Gasteiger partial charge < -0.3 is 15.5 Å². The Bertz CT molecular complexity index is 2190. The van der Waals surface area contributed by atoms with E-state index in [1.54, 1.807) is 11.3 Å². The van der Waals surface area contributed by atoms with Crippen LogP contribution in [0.5, 0.6) is 0 Å². The van der Waals surface area contributed by atoms with Gasteiger partial charge in [0.15, 0.2) is 0 Å². The molecule has 0 saturated heterocycles. The predicted octanol–water partition coefficient (Wildman–Crippen LogP) is 7.09. The number of thiophene rings is 2. The zero-order valence-electron chi connectivity index (χ0n) is 29.0. The summed E-state index contributed by atoms with van der Waals surface area (Å²) in [6.07, 6.45) is 3.22. The smallest absolute Gasteiger partial charge is 0.216 e. The van der Waals surface area contributed by atoms with Crippen molar-refractivity contribution in [2.45, 2.75) is 52.9 Å². The fourth-order valence-corrected chi connectivity index (χ4v) is 10.00. The molecule has 8 nitrogen and oxygen atoms in total.